The number of carbonyl (C=O) groups is 3. The Morgan fingerprint density at radius 1 is 1.07 bits per heavy atom. The number of aromatic hydroxyl groups is 1. The summed E-state index contributed by atoms with van der Waals surface area (Å²) in [6.45, 7) is 1.27. The number of hydrogen-bond donors (Lipinski definition) is 3. The second kappa shape index (κ2) is 10.8. The van der Waals surface area contributed by atoms with Crippen molar-refractivity contribution >= 4 is 35.0 Å². The van der Waals surface area contributed by atoms with Crippen LogP contribution in [-0.2, 0) is 6.42 Å². The summed E-state index contributed by atoms with van der Waals surface area (Å²) in [6.07, 6.45) is 6.90. The number of fused-ring (bicyclic) bond motifs is 2. The number of imidazole rings is 1. The highest BCUT2D eigenvalue weighted by Crippen LogP contribution is 2.36. The van der Waals surface area contributed by atoms with Gasteiger partial charge in [0, 0.05) is 29.8 Å². The van der Waals surface area contributed by atoms with Crippen molar-refractivity contribution in [1.29, 1.82) is 0 Å². The van der Waals surface area contributed by atoms with Crippen LogP contribution in [0.3, 0.4) is 0 Å². The molecule has 0 bridgehead atoms. The van der Waals surface area contributed by atoms with Gasteiger partial charge in [-0.2, -0.15) is 5.10 Å². The SMILES string of the molecule is CC(=O)c1cc(C(=O)N[C@H]2CCc3cc(-n4c(-c5cccnc5N)nc5ccc(-n6cccn6)nc54)ccc32)cc(C=O)c1O. The number of hydrogen-bond acceptors (Lipinski definition) is 9. The lowest BCUT2D eigenvalue weighted by molar-refractivity contribution is 0.0936. The van der Waals surface area contributed by atoms with E-state index in [0.29, 0.717) is 53.3 Å². The maximum absolute atomic E-state index is 13.3. The maximum Gasteiger partial charge on any atom is 0.251 e. The monoisotopic (exact) mass is 598 g/mol. The summed E-state index contributed by atoms with van der Waals surface area (Å²) in [6, 6.07) is 17.5. The standard InChI is InChI=1S/C33H26N8O4/c1-18(43)25-16-20(14-21(17-42)29(25)44)33(45)38-26-8-5-19-15-22(6-7-23(19)26)41-31(24-4-2-11-35-30(24)34)37-27-9-10-28(39-32(27)41)40-13-3-12-36-40/h2-4,6-7,9-17,26,44H,5,8H2,1H3,(H2,34,35)(H,38,45)/t26-/m0/s1. The van der Waals surface area contributed by atoms with Crippen LogP contribution < -0.4 is 11.1 Å². The molecule has 2 aromatic carbocycles. The van der Waals surface area contributed by atoms with Gasteiger partial charge in [0.15, 0.2) is 29.4 Å². The van der Waals surface area contributed by atoms with Gasteiger partial charge in [0.2, 0.25) is 0 Å². The van der Waals surface area contributed by atoms with Crippen molar-refractivity contribution < 1.29 is 19.5 Å². The van der Waals surface area contributed by atoms with Crippen LogP contribution >= 0.6 is 0 Å². The zero-order valence-electron chi connectivity index (χ0n) is 24.0. The van der Waals surface area contributed by atoms with E-state index >= 15 is 0 Å². The Kier molecular flexibility index (Phi) is 6.66. The van der Waals surface area contributed by atoms with Crippen LogP contribution in [0, 0.1) is 0 Å². The van der Waals surface area contributed by atoms with Crippen molar-refractivity contribution in [1.82, 2.24) is 34.6 Å². The van der Waals surface area contributed by atoms with E-state index in [1.807, 2.05) is 47.2 Å². The first-order valence-corrected chi connectivity index (χ1v) is 14.2. The third kappa shape index (κ3) is 4.78. The molecule has 0 aliphatic heterocycles. The number of Topliss-reactive ketones (excluding diaryl/α,β-unsaturated/α-hetero) is 1. The van der Waals surface area contributed by atoms with Gasteiger partial charge in [0.05, 0.1) is 22.7 Å². The minimum absolute atomic E-state index is 0.0804. The summed E-state index contributed by atoms with van der Waals surface area (Å²) in [5.74, 6) is 0.220. The molecule has 6 aromatic rings. The van der Waals surface area contributed by atoms with E-state index in [-0.39, 0.29) is 22.7 Å². The predicted octanol–water partition coefficient (Wildman–Crippen LogP) is 4.39. The van der Waals surface area contributed by atoms with Crippen molar-refractivity contribution in [2.75, 3.05) is 5.73 Å². The zero-order valence-corrected chi connectivity index (χ0v) is 24.0. The number of benzene rings is 2. The number of nitrogens with zero attached hydrogens (tertiary/aromatic N) is 6. The molecule has 1 atom stereocenters. The lowest BCUT2D eigenvalue weighted by Crippen LogP contribution is -2.27. The fraction of sp³-hybridized carbons (Fsp3) is 0.121. The minimum atomic E-state index is -0.451. The lowest BCUT2D eigenvalue weighted by atomic mass is 10.0. The molecule has 1 amide bonds. The van der Waals surface area contributed by atoms with Gasteiger partial charge in [-0.3, -0.25) is 19.0 Å². The smallest absolute Gasteiger partial charge is 0.251 e. The summed E-state index contributed by atoms with van der Waals surface area (Å²) < 4.78 is 3.62. The van der Waals surface area contributed by atoms with Gasteiger partial charge in [-0.05, 0) is 85.5 Å². The van der Waals surface area contributed by atoms with Gasteiger partial charge in [-0.15, -0.1) is 0 Å². The van der Waals surface area contributed by atoms with Crippen LogP contribution in [0.4, 0.5) is 5.82 Å². The Morgan fingerprint density at radius 2 is 1.93 bits per heavy atom. The van der Waals surface area contributed by atoms with Gasteiger partial charge in [-0.25, -0.2) is 19.6 Å². The number of amides is 1. The average Bonchev–Trinajstić information content (AvgIpc) is 3.80. The molecule has 4 N–H and O–H groups in total. The summed E-state index contributed by atoms with van der Waals surface area (Å²) in [5.41, 5.74) is 11.0. The summed E-state index contributed by atoms with van der Waals surface area (Å²) in [4.78, 5) is 50.8. The molecule has 0 saturated carbocycles. The van der Waals surface area contributed by atoms with Crippen molar-refractivity contribution in [3.63, 3.8) is 0 Å². The molecule has 222 valence electrons. The number of pyridine rings is 2. The van der Waals surface area contributed by atoms with Gasteiger partial charge in [0.25, 0.3) is 5.91 Å². The third-order valence-corrected chi connectivity index (χ3v) is 7.98. The highest BCUT2D eigenvalue weighted by Gasteiger charge is 2.27. The minimum Gasteiger partial charge on any atom is -0.506 e. The molecule has 1 aliphatic rings. The molecular formula is C33H26N8O4. The molecule has 0 saturated heterocycles. The molecule has 12 heteroatoms. The van der Waals surface area contributed by atoms with E-state index < -0.39 is 17.4 Å². The molecule has 4 heterocycles. The molecule has 0 radical (unpaired) electrons. The fourth-order valence-corrected chi connectivity index (χ4v) is 5.79. The highest BCUT2D eigenvalue weighted by molar-refractivity contribution is 6.04. The number of phenols is 1. The molecule has 7 rings (SSSR count). The van der Waals surface area contributed by atoms with Crippen molar-refractivity contribution in [2.45, 2.75) is 25.8 Å². The van der Waals surface area contributed by atoms with Crippen LogP contribution in [0.15, 0.2) is 79.3 Å². The van der Waals surface area contributed by atoms with Crippen LogP contribution in [-0.4, -0.2) is 52.4 Å². The second-order valence-corrected chi connectivity index (χ2v) is 10.8. The fourth-order valence-electron chi connectivity index (χ4n) is 5.79. The van der Waals surface area contributed by atoms with Crippen LogP contribution in [0.5, 0.6) is 5.75 Å². The normalized spacial score (nSPS) is 13.9. The first-order valence-electron chi connectivity index (χ1n) is 14.2. The number of nitrogens with one attached hydrogen (secondary N) is 1. The maximum atomic E-state index is 13.3. The third-order valence-electron chi connectivity index (χ3n) is 7.98. The highest BCUT2D eigenvalue weighted by atomic mass is 16.3. The number of ketones is 1. The Morgan fingerprint density at radius 3 is 2.69 bits per heavy atom. The van der Waals surface area contributed by atoms with Crippen molar-refractivity contribution in [3.8, 4) is 28.6 Å². The van der Waals surface area contributed by atoms with E-state index in [2.05, 4.69) is 21.5 Å². The van der Waals surface area contributed by atoms with Crippen molar-refractivity contribution in [2.24, 2.45) is 0 Å². The van der Waals surface area contributed by atoms with Crippen LogP contribution in [0.1, 0.15) is 61.6 Å². The molecule has 0 spiro atoms. The van der Waals surface area contributed by atoms with E-state index in [4.69, 9.17) is 15.7 Å². The number of aryl methyl sites for hydroxylation is 1. The molecule has 4 aromatic heterocycles. The molecule has 1 aliphatic carbocycles. The largest absolute Gasteiger partial charge is 0.506 e. The van der Waals surface area contributed by atoms with E-state index in [1.165, 1.54) is 19.1 Å². The molecule has 0 fully saturated rings. The number of carbonyl (C=O) groups excluding carboxylic acids is 3. The van der Waals surface area contributed by atoms with E-state index in [0.717, 1.165) is 16.8 Å². The first-order chi connectivity index (χ1) is 21.8. The Hall–Kier alpha value is -6.17. The number of aromatic nitrogens is 6. The van der Waals surface area contributed by atoms with Gasteiger partial charge >= 0.3 is 0 Å². The van der Waals surface area contributed by atoms with Gasteiger partial charge < -0.3 is 16.2 Å². The average molecular weight is 599 g/mol. The summed E-state index contributed by atoms with van der Waals surface area (Å²) in [5, 5.41) is 17.6. The predicted molar refractivity (Wildman–Crippen MR) is 166 cm³/mol. The van der Waals surface area contributed by atoms with Crippen LogP contribution in [0.25, 0.3) is 34.1 Å². The summed E-state index contributed by atoms with van der Waals surface area (Å²) >= 11 is 0. The Bertz CT molecular complexity index is 2150. The zero-order chi connectivity index (χ0) is 31.2. The number of rotatable bonds is 7. The van der Waals surface area contributed by atoms with Gasteiger partial charge in [-0.1, -0.05) is 6.07 Å². The molecule has 45 heavy (non-hydrogen) atoms. The number of phenolic OH excluding ortho intramolecular Hbond substituents is 1. The molecular weight excluding hydrogens is 572 g/mol. The number of anilines is 1. The first kappa shape index (κ1) is 27.7. The van der Waals surface area contributed by atoms with Gasteiger partial charge in [0.1, 0.15) is 17.1 Å². The number of nitrogens with two attached hydrogens (primary N) is 1. The summed E-state index contributed by atoms with van der Waals surface area (Å²) in [7, 11) is 0. The Balaban J connectivity index is 1.27. The topological polar surface area (TPSA) is 171 Å². The van der Waals surface area contributed by atoms with E-state index in [9.17, 15) is 19.5 Å². The lowest BCUT2D eigenvalue weighted by Gasteiger charge is -2.16. The Labute approximate surface area is 256 Å². The van der Waals surface area contributed by atoms with Crippen LogP contribution in [0.2, 0.25) is 0 Å². The quantitative estimate of drug-likeness (QED) is 0.178. The second-order valence-electron chi connectivity index (χ2n) is 10.8. The van der Waals surface area contributed by atoms with E-state index in [1.54, 1.807) is 23.1 Å². The molecule has 12 nitrogen and oxygen atoms in total. The number of nitrogen functional groups attached to an aromatic ring is 1. The van der Waals surface area contributed by atoms with Crippen molar-refractivity contribution in [3.05, 3.63) is 107 Å². The number of aldehydes is 1. The molecule has 0 unspecified atom stereocenters.